The number of aromatic nitrogens is 1. The third-order valence-electron chi connectivity index (χ3n) is 3.76. The van der Waals surface area contributed by atoms with Crippen LogP contribution in [0.15, 0.2) is 53.8 Å². The predicted octanol–water partition coefficient (Wildman–Crippen LogP) is 2.15. The minimum Gasteiger partial charge on any atom is -0.326 e. The Labute approximate surface area is 146 Å². The first-order chi connectivity index (χ1) is 11.8. The van der Waals surface area contributed by atoms with Crippen LogP contribution < -0.4 is 5.32 Å². The molecule has 0 spiro atoms. The average Bonchev–Trinajstić information content (AvgIpc) is 3.01. The number of nitrogens with zero attached hydrogens (tertiary/aromatic N) is 3. The summed E-state index contributed by atoms with van der Waals surface area (Å²) in [6.07, 6.45) is 3.17. The van der Waals surface area contributed by atoms with E-state index >= 15 is 0 Å². The normalized spacial score (nSPS) is 17.3. The predicted molar refractivity (Wildman–Crippen MR) is 95.6 cm³/mol. The average molecular weight is 358 g/mol. The molecule has 0 radical (unpaired) electrons. The minimum atomic E-state index is -3.53. The van der Waals surface area contributed by atoms with Crippen molar-refractivity contribution in [3.05, 3.63) is 59.9 Å². The van der Waals surface area contributed by atoms with Crippen molar-refractivity contribution < 1.29 is 13.2 Å². The van der Waals surface area contributed by atoms with Crippen molar-refractivity contribution in [1.29, 1.82) is 0 Å². The topological polar surface area (TPSA) is 91.7 Å². The van der Waals surface area contributed by atoms with Gasteiger partial charge in [-0.15, -0.1) is 0 Å². The van der Waals surface area contributed by atoms with Crippen molar-refractivity contribution in [3.63, 3.8) is 0 Å². The summed E-state index contributed by atoms with van der Waals surface area (Å²) in [5.41, 5.74) is 2.68. The van der Waals surface area contributed by atoms with E-state index in [1.807, 2.05) is 12.1 Å². The fraction of sp³-hybridized carbons (Fsp3) is 0.235. The number of hydrogen-bond acceptors (Lipinski definition) is 5. The van der Waals surface area contributed by atoms with Gasteiger partial charge < -0.3 is 5.32 Å². The molecule has 1 atom stereocenters. The summed E-state index contributed by atoms with van der Waals surface area (Å²) in [5.74, 6) is -0.172. The molecule has 8 heteroatoms. The molecule has 0 saturated heterocycles. The molecule has 1 amide bonds. The van der Waals surface area contributed by atoms with E-state index in [1.54, 1.807) is 36.5 Å². The Kier molecular flexibility index (Phi) is 4.54. The van der Waals surface area contributed by atoms with Crippen LogP contribution in [0.2, 0.25) is 0 Å². The smallest absolute Gasteiger partial charge is 0.247 e. The molecule has 1 aliphatic rings. The van der Waals surface area contributed by atoms with E-state index in [0.717, 1.165) is 16.2 Å². The molecule has 2 heterocycles. The van der Waals surface area contributed by atoms with Gasteiger partial charge in [0.25, 0.3) is 0 Å². The molecule has 1 aromatic carbocycles. The Morgan fingerprint density at radius 3 is 2.68 bits per heavy atom. The highest BCUT2D eigenvalue weighted by Gasteiger charge is 2.35. The van der Waals surface area contributed by atoms with E-state index in [2.05, 4.69) is 15.4 Å². The van der Waals surface area contributed by atoms with Crippen molar-refractivity contribution in [2.45, 2.75) is 19.4 Å². The zero-order valence-corrected chi connectivity index (χ0v) is 14.7. The van der Waals surface area contributed by atoms with E-state index in [4.69, 9.17) is 0 Å². The summed E-state index contributed by atoms with van der Waals surface area (Å²) in [5, 5.41) is 7.03. The Bertz CT molecular complexity index is 926. The van der Waals surface area contributed by atoms with Gasteiger partial charge in [-0.2, -0.15) is 9.52 Å². The highest BCUT2D eigenvalue weighted by molar-refractivity contribution is 7.88. The van der Waals surface area contributed by atoms with Crippen LogP contribution in [-0.4, -0.2) is 35.7 Å². The molecule has 3 rings (SSSR count). The van der Waals surface area contributed by atoms with E-state index in [9.17, 15) is 13.2 Å². The SMILES string of the molecule is CC(=O)Nc1cccc(C2=NN(S(C)(=O)=O)C(c3ccccn3)C2)c1. The molecule has 1 unspecified atom stereocenters. The summed E-state index contributed by atoms with van der Waals surface area (Å²) < 4.78 is 25.4. The summed E-state index contributed by atoms with van der Waals surface area (Å²) >= 11 is 0. The fourth-order valence-corrected chi connectivity index (χ4v) is 3.63. The van der Waals surface area contributed by atoms with Crippen molar-refractivity contribution in [2.75, 3.05) is 11.6 Å². The Balaban J connectivity index is 1.97. The van der Waals surface area contributed by atoms with Crippen LogP contribution in [0.1, 0.15) is 30.6 Å². The molecule has 0 fully saturated rings. The summed E-state index contributed by atoms with van der Waals surface area (Å²) in [6, 6.07) is 12.1. The molecular weight excluding hydrogens is 340 g/mol. The summed E-state index contributed by atoms with van der Waals surface area (Å²) in [7, 11) is -3.53. The fourth-order valence-electron chi connectivity index (χ4n) is 2.74. The lowest BCUT2D eigenvalue weighted by Crippen LogP contribution is -2.26. The van der Waals surface area contributed by atoms with Crippen LogP contribution in [0, 0.1) is 0 Å². The van der Waals surface area contributed by atoms with Crippen molar-refractivity contribution in [1.82, 2.24) is 9.40 Å². The molecule has 7 nitrogen and oxygen atoms in total. The standard InChI is InChI=1S/C17H18N4O3S/c1-12(22)19-14-7-5-6-13(10-14)16-11-17(15-8-3-4-9-18-15)21(20-16)25(2,23)24/h3-10,17H,11H2,1-2H3,(H,19,22). The van der Waals surface area contributed by atoms with Crippen LogP contribution in [0.5, 0.6) is 0 Å². The molecule has 0 saturated carbocycles. The van der Waals surface area contributed by atoms with Crippen LogP contribution in [0.25, 0.3) is 0 Å². The van der Waals surface area contributed by atoms with Crippen molar-refractivity contribution in [2.24, 2.45) is 5.10 Å². The van der Waals surface area contributed by atoms with Gasteiger partial charge in [0, 0.05) is 25.2 Å². The Morgan fingerprint density at radius 2 is 2.04 bits per heavy atom. The van der Waals surface area contributed by atoms with Crippen LogP contribution in [0.3, 0.4) is 0 Å². The number of sulfonamides is 1. The van der Waals surface area contributed by atoms with Crippen LogP contribution in [0.4, 0.5) is 5.69 Å². The van der Waals surface area contributed by atoms with Gasteiger partial charge in [0.1, 0.15) is 6.04 Å². The van der Waals surface area contributed by atoms with Gasteiger partial charge in [-0.05, 0) is 29.8 Å². The molecule has 130 valence electrons. The lowest BCUT2D eigenvalue weighted by Gasteiger charge is -2.20. The Hall–Kier alpha value is -2.74. The molecule has 1 aliphatic heterocycles. The second-order valence-corrected chi connectivity index (χ2v) is 7.66. The van der Waals surface area contributed by atoms with Gasteiger partial charge in [0.2, 0.25) is 15.9 Å². The molecule has 0 aliphatic carbocycles. The van der Waals surface area contributed by atoms with Crippen molar-refractivity contribution >= 4 is 27.3 Å². The van der Waals surface area contributed by atoms with Gasteiger partial charge in [0.05, 0.1) is 17.7 Å². The maximum atomic E-state index is 12.1. The van der Waals surface area contributed by atoms with Gasteiger partial charge in [0.15, 0.2) is 0 Å². The van der Waals surface area contributed by atoms with E-state index < -0.39 is 16.1 Å². The monoisotopic (exact) mass is 358 g/mol. The first kappa shape index (κ1) is 17.1. The quantitative estimate of drug-likeness (QED) is 0.906. The van der Waals surface area contributed by atoms with Gasteiger partial charge >= 0.3 is 0 Å². The maximum absolute atomic E-state index is 12.1. The number of amides is 1. The highest BCUT2D eigenvalue weighted by atomic mass is 32.2. The number of benzene rings is 1. The van der Waals surface area contributed by atoms with E-state index in [-0.39, 0.29) is 5.91 Å². The third kappa shape index (κ3) is 3.85. The zero-order valence-electron chi connectivity index (χ0n) is 13.9. The first-order valence-electron chi connectivity index (χ1n) is 7.70. The van der Waals surface area contributed by atoms with Crippen LogP contribution >= 0.6 is 0 Å². The largest absolute Gasteiger partial charge is 0.326 e. The number of rotatable bonds is 4. The lowest BCUT2D eigenvalue weighted by atomic mass is 10.0. The second kappa shape index (κ2) is 6.64. The van der Waals surface area contributed by atoms with Gasteiger partial charge in [-0.3, -0.25) is 9.78 Å². The number of hydrazone groups is 1. The van der Waals surface area contributed by atoms with Crippen LogP contribution in [-0.2, 0) is 14.8 Å². The molecule has 1 N–H and O–H groups in total. The number of anilines is 1. The molecule has 1 aromatic heterocycles. The number of carbonyl (C=O) groups excluding carboxylic acids is 1. The number of nitrogens with one attached hydrogen (secondary N) is 1. The minimum absolute atomic E-state index is 0.172. The lowest BCUT2D eigenvalue weighted by molar-refractivity contribution is -0.114. The Morgan fingerprint density at radius 1 is 1.24 bits per heavy atom. The molecular formula is C17H18N4O3S. The summed E-state index contributed by atoms with van der Waals surface area (Å²) in [4.78, 5) is 15.5. The molecule has 2 aromatic rings. The number of hydrogen-bond donors (Lipinski definition) is 1. The van der Waals surface area contributed by atoms with Gasteiger partial charge in [-0.25, -0.2) is 8.42 Å². The van der Waals surface area contributed by atoms with E-state index in [1.165, 1.54) is 6.92 Å². The van der Waals surface area contributed by atoms with Gasteiger partial charge in [-0.1, -0.05) is 18.2 Å². The molecule has 0 bridgehead atoms. The third-order valence-corrected chi connectivity index (χ3v) is 4.77. The zero-order chi connectivity index (χ0) is 18.0. The van der Waals surface area contributed by atoms with Crippen molar-refractivity contribution in [3.8, 4) is 0 Å². The summed E-state index contributed by atoms with van der Waals surface area (Å²) in [6.45, 7) is 1.43. The maximum Gasteiger partial charge on any atom is 0.247 e. The number of carbonyl (C=O) groups is 1. The highest BCUT2D eigenvalue weighted by Crippen LogP contribution is 2.33. The van der Waals surface area contributed by atoms with E-state index in [0.29, 0.717) is 23.5 Å². The second-order valence-electron chi connectivity index (χ2n) is 5.82. The number of pyridine rings is 1. The first-order valence-corrected chi connectivity index (χ1v) is 9.55. The molecule has 25 heavy (non-hydrogen) atoms.